The quantitative estimate of drug-likeness (QED) is 0.889. The number of anilines is 1. The van der Waals surface area contributed by atoms with Crippen LogP contribution in [0, 0.1) is 13.8 Å². The molecule has 0 aliphatic rings. The molecule has 2 N–H and O–H groups in total. The number of aromatic nitrogens is 2. The van der Waals surface area contributed by atoms with Crippen molar-refractivity contribution in [2.45, 2.75) is 13.8 Å². The van der Waals surface area contributed by atoms with Gasteiger partial charge in [-0.15, -0.1) is 11.3 Å². The van der Waals surface area contributed by atoms with Crippen LogP contribution in [0.5, 0.6) is 0 Å². The van der Waals surface area contributed by atoms with Crippen LogP contribution in [-0.4, -0.2) is 15.9 Å². The third kappa shape index (κ3) is 2.51. The molecule has 2 aromatic rings. The molecule has 0 atom stereocenters. The number of nitrogens with zero attached hydrogens (tertiary/aromatic N) is 1. The molecule has 0 aliphatic heterocycles. The summed E-state index contributed by atoms with van der Waals surface area (Å²) in [6, 6.07) is 0. The Bertz CT molecular complexity index is 663. The van der Waals surface area contributed by atoms with Gasteiger partial charge in [0.2, 0.25) is 5.43 Å². The molecular formula is C11H10BrN3O2S. The van der Waals surface area contributed by atoms with Crippen molar-refractivity contribution in [2.75, 3.05) is 5.32 Å². The summed E-state index contributed by atoms with van der Waals surface area (Å²) in [6.07, 6.45) is 2.97. The van der Waals surface area contributed by atoms with Gasteiger partial charge in [-0.05, 0) is 29.8 Å². The molecule has 2 rings (SSSR count). The molecular weight excluding hydrogens is 318 g/mol. The third-order valence-electron chi connectivity index (χ3n) is 2.26. The first-order chi connectivity index (χ1) is 8.49. The SMILES string of the molecule is Cc1nc(C)c(C(=O)Nc2c[nH]cc(Br)c2=O)s1. The van der Waals surface area contributed by atoms with E-state index in [1.807, 2.05) is 6.92 Å². The summed E-state index contributed by atoms with van der Waals surface area (Å²) in [5, 5.41) is 3.40. The zero-order valence-corrected chi connectivity index (χ0v) is 12.1. The standard InChI is InChI=1S/C11H10BrN3O2S/c1-5-10(18-6(2)14-5)11(17)15-8-4-13-3-7(12)9(8)16/h3-4H,1-2H3,(H,13,16)(H,15,17). The summed E-state index contributed by atoms with van der Waals surface area (Å²) < 4.78 is 0.373. The van der Waals surface area contributed by atoms with Crippen LogP contribution in [0.15, 0.2) is 21.7 Å². The highest BCUT2D eigenvalue weighted by Crippen LogP contribution is 2.18. The van der Waals surface area contributed by atoms with Gasteiger partial charge >= 0.3 is 0 Å². The zero-order valence-electron chi connectivity index (χ0n) is 9.70. The van der Waals surface area contributed by atoms with Crippen LogP contribution < -0.4 is 10.7 Å². The number of halogens is 1. The van der Waals surface area contributed by atoms with Gasteiger partial charge in [0.25, 0.3) is 5.91 Å². The number of pyridine rings is 1. The number of hydrogen-bond donors (Lipinski definition) is 2. The van der Waals surface area contributed by atoms with E-state index in [2.05, 4.69) is 31.2 Å². The largest absolute Gasteiger partial charge is 0.365 e. The smallest absolute Gasteiger partial charge is 0.267 e. The lowest BCUT2D eigenvalue weighted by molar-refractivity contribution is 0.102. The van der Waals surface area contributed by atoms with Gasteiger partial charge in [0.1, 0.15) is 10.6 Å². The van der Waals surface area contributed by atoms with Crippen molar-refractivity contribution in [3.05, 3.63) is 42.7 Å². The monoisotopic (exact) mass is 327 g/mol. The zero-order chi connectivity index (χ0) is 13.3. The highest BCUT2D eigenvalue weighted by atomic mass is 79.9. The second kappa shape index (κ2) is 5.03. The predicted molar refractivity (Wildman–Crippen MR) is 74.3 cm³/mol. The number of carbonyl (C=O) groups excluding carboxylic acids is 1. The number of hydrogen-bond acceptors (Lipinski definition) is 4. The van der Waals surface area contributed by atoms with Crippen LogP contribution in [0.2, 0.25) is 0 Å². The van der Waals surface area contributed by atoms with E-state index in [4.69, 9.17) is 0 Å². The van der Waals surface area contributed by atoms with Crippen molar-refractivity contribution in [1.82, 2.24) is 9.97 Å². The lowest BCUT2D eigenvalue weighted by Gasteiger charge is -2.03. The fraction of sp³-hybridized carbons (Fsp3) is 0.182. The molecule has 18 heavy (non-hydrogen) atoms. The second-order valence-corrected chi connectivity index (χ2v) is 5.71. The number of H-pyrrole nitrogens is 1. The van der Waals surface area contributed by atoms with Crippen LogP contribution in [0.4, 0.5) is 5.69 Å². The molecule has 1 amide bonds. The molecule has 0 unspecified atom stereocenters. The molecule has 5 nitrogen and oxygen atoms in total. The molecule has 2 aromatic heterocycles. The van der Waals surface area contributed by atoms with E-state index in [9.17, 15) is 9.59 Å². The lowest BCUT2D eigenvalue weighted by atomic mass is 10.3. The molecule has 94 valence electrons. The van der Waals surface area contributed by atoms with Gasteiger partial charge in [-0.3, -0.25) is 9.59 Å². The summed E-state index contributed by atoms with van der Waals surface area (Å²) in [5.74, 6) is -0.318. The van der Waals surface area contributed by atoms with Crippen LogP contribution in [0.1, 0.15) is 20.4 Å². The first-order valence-electron chi connectivity index (χ1n) is 5.11. The van der Waals surface area contributed by atoms with Gasteiger partial charge in [-0.2, -0.15) is 0 Å². The Labute approximate surface area is 115 Å². The maximum Gasteiger partial charge on any atom is 0.267 e. The summed E-state index contributed by atoms with van der Waals surface area (Å²) in [5.41, 5.74) is 0.613. The molecule has 7 heteroatoms. The van der Waals surface area contributed by atoms with Gasteiger partial charge in [0.15, 0.2) is 0 Å². The van der Waals surface area contributed by atoms with Crippen molar-refractivity contribution in [1.29, 1.82) is 0 Å². The molecule has 0 aromatic carbocycles. The first-order valence-corrected chi connectivity index (χ1v) is 6.72. The Kier molecular flexibility index (Phi) is 3.63. The molecule has 0 bridgehead atoms. The van der Waals surface area contributed by atoms with E-state index >= 15 is 0 Å². The van der Waals surface area contributed by atoms with Crippen molar-refractivity contribution in [3.63, 3.8) is 0 Å². The molecule has 0 spiro atoms. The summed E-state index contributed by atoms with van der Waals surface area (Å²) >= 11 is 4.41. The van der Waals surface area contributed by atoms with Crippen molar-refractivity contribution in [3.8, 4) is 0 Å². The van der Waals surface area contributed by atoms with Gasteiger partial charge in [-0.25, -0.2) is 4.98 Å². The third-order valence-corrected chi connectivity index (χ3v) is 3.92. The van der Waals surface area contributed by atoms with Gasteiger partial charge < -0.3 is 10.3 Å². The molecule has 0 saturated heterocycles. The van der Waals surface area contributed by atoms with Crippen molar-refractivity contribution >= 4 is 38.9 Å². The van der Waals surface area contributed by atoms with E-state index < -0.39 is 0 Å². The Morgan fingerprint density at radius 2 is 2.17 bits per heavy atom. The number of nitrogens with one attached hydrogen (secondary N) is 2. The van der Waals surface area contributed by atoms with Gasteiger partial charge in [0.05, 0.1) is 15.2 Å². The minimum atomic E-state index is -0.318. The van der Waals surface area contributed by atoms with E-state index in [1.54, 1.807) is 6.92 Å². The maximum absolute atomic E-state index is 12.0. The number of aromatic amines is 1. The normalized spacial score (nSPS) is 10.4. The summed E-state index contributed by atoms with van der Waals surface area (Å²) in [4.78, 5) is 31.2. The fourth-order valence-electron chi connectivity index (χ4n) is 1.47. The predicted octanol–water partition coefficient (Wildman–Crippen LogP) is 2.46. The Hall–Kier alpha value is -1.47. The Morgan fingerprint density at radius 1 is 1.44 bits per heavy atom. The molecule has 0 saturated carbocycles. The Morgan fingerprint density at radius 3 is 2.78 bits per heavy atom. The van der Waals surface area contributed by atoms with Crippen LogP contribution in [0.3, 0.4) is 0 Å². The minimum Gasteiger partial charge on any atom is -0.365 e. The van der Waals surface area contributed by atoms with Crippen LogP contribution in [-0.2, 0) is 0 Å². The highest BCUT2D eigenvalue weighted by molar-refractivity contribution is 9.10. The van der Waals surface area contributed by atoms with E-state index in [0.29, 0.717) is 15.0 Å². The van der Waals surface area contributed by atoms with Gasteiger partial charge in [0, 0.05) is 12.4 Å². The average Bonchev–Trinajstić information content (AvgIpc) is 2.64. The minimum absolute atomic E-state index is 0.208. The number of rotatable bonds is 2. The number of amides is 1. The molecule has 2 heterocycles. The number of thiazole rings is 1. The van der Waals surface area contributed by atoms with E-state index in [1.165, 1.54) is 23.7 Å². The molecule has 0 fully saturated rings. The van der Waals surface area contributed by atoms with Crippen LogP contribution in [0.25, 0.3) is 0 Å². The Balaban J connectivity index is 2.30. The fourth-order valence-corrected chi connectivity index (χ4v) is 2.63. The summed E-state index contributed by atoms with van der Waals surface area (Å²) in [7, 11) is 0. The van der Waals surface area contributed by atoms with Crippen molar-refractivity contribution in [2.24, 2.45) is 0 Å². The first kappa shape index (κ1) is 13.0. The highest BCUT2D eigenvalue weighted by Gasteiger charge is 2.15. The van der Waals surface area contributed by atoms with E-state index in [0.717, 1.165) is 5.01 Å². The summed E-state index contributed by atoms with van der Waals surface area (Å²) in [6.45, 7) is 3.60. The maximum atomic E-state index is 12.0. The van der Waals surface area contributed by atoms with E-state index in [-0.39, 0.29) is 17.0 Å². The lowest BCUT2D eigenvalue weighted by Crippen LogP contribution is -2.18. The molecule has 0 radical (unpaired) electrons. The average molecular weight is 328 g/mol. The van der Waals surface area contributed by atoms with Gasteiger partial charge in [-0.1, -0.05) is 0 Å². The van der Waals surface area contributed by atoms with Crippen molar-refractivity contribution < 1.29 is 4.79 Å². The second-order valence-electron chi connectivity index (χ2n) is 3.65. The topological polar surface area (TPSA) is 74.8 Å². The van der Waals surface area contributed by atoms with Crippen LogP contribution >= 0.6 is 27.3 Å². The number of carbonyl (C=O) groups is 1. The molecule has 0 aliphatic carbocycles. The number of aryl methyl sites for hydroxylation is 2.